The molecule has 1 nitrogen and oxygen atoms in total. The summed E-state index contributed by atoms with van der Waals surface area (Å²) in [6, 6.07) is 14.7. The second-order valence-electron chi connectivity index (χ2n) is 5.44. The Labute approximate surface area is 142 Å². The van der Waals surface area contributed by atoms with Crippen molar-refractivity contribution in [2.75, 3.05) is 7.11 Å². The van der Waals surface area contributed by atoms with Gasteiger partial charge in [0, 0.05) is 17.5 Å². The highest BCUT2D eigenvalue weighted by molar-refractivity contribution is 5.53. The zero-order chi connectivity index (χ0) is 17.4. The molecule has 0 amide bonds. The number of methoxy groups -OCH3 is 1. The van der Waals surface area contributed by atoms with Crippen LogP contribution in [0.15, 0.2) is 54.6 Å². The Morgan fingerprint density at radius 2 is 1.50 bits per heavy atom. The van der Waals surface area contributed by atoms with E-state index in [0.29, 0.717) is 6.42 Å². The molecular formula is C21H20F2O. The summed E-state index contributed by atoms with van der Waals surface area (Å²) in [5.74, 6) is 4.16. The van der Waals surface area contributed by atoms with E-state index in [1.165, 1.54) is 6.08 Å². The van der Waals surface area contributed by atoms with E-state index in [9.17, 15) is 8.78 Å². The molecule has 0 radical (unpaired) electrons. The van der Waals surface area contributed by atoms with E-state index in [0.717, 1.165) is 28.5 Å². The Morgan fingerprint density at radius 1 is 0.958 bits per heavy atom. The van der Waals surface area contributed by atoms with E-state index in [1.807, 2.05) is 36.4 Å². The summed E-state index contributed by atoms with van der Waals surface area (Å²) in [7, 11) is 1.62. The van der Waals surface area contributed by atoms with Gasteiger partial charge in [0.15, 0.2) is 0 Å². The minimum Gasteiger partial charge on any atom is -0.497 e. The Morgan fingerprint density at radius 3 is 2.00 bits per heavy atom. The lowest BCUT2D eigenvalue weighted by Crippen LogP contribution is -2.10. The van der Waals surface area contributed by atoms with Crippen LogP contribution in [-0.4, -0.2) is 13.0 Å². The van der Waals surface area contributed by atoms with Gasteiger partial charge in [-0.05, 0) is 48.0 Å². The average Bonchev–Trinajstić information content (AvgIpc) is 2.59. The van der Waals surface area contributed by atoms with Gasteiger partial charge in [0.2, 0.25) is 0 Å². The molecule has 2 rings (SSSR count). The largest absolute Gasteiger partial charge is 0.497 e. The summed E-state index contributed by atoms with van der Waals surface area (Å²) in [5.41, 5.74) is 2.46. The Bertz CT molecular complexity index is 732. The van der Waals surface area contributed by atoms with E-state index in [4.69, 9.17) is 4.74 Å². The molecule has 0 atom stereocenters. The number of halogens is 2. The average molecular weight is 326 g/mol. The van der Waals surface area contributed by atoms with E-state index in [-0.39, 0.29) is 6.42 Å². The van der Waals surface area contributed by atoms with Gasteiger partial charge in [0.25, 0.3) is 5.92 Å². The third-order valence-electron chi connectivity index (χ3n) is 3.45. The van der Waals surface area contributed by atoms with Crippen molar-refractivity contribution in [2.24, 2.45) is 0 Å². The molecule has 2 aromatic carbocycles. The van der Waals surface area contributed by atoms with Gasteiger partial charge in [-0.1, -0.05) is 43.4 Å². The molecule has 2 aromatic rings. The number of benzene rings is 2. The lowest BCUT2D eigenvalue weighted by atomic mass is 10.1. The highest BCUT2D eigenvalue weighted by Gasteiger charge is 2.22. The fourth-order valence-corrected chi connectivity index (χ4v) is 2.13. The molecule has 0 saturated heterocycles. The third kappa shape index (κ3) is 5.55. The first kappa shape index (κ1) is 17.7. The van der Waals surface area contributed by atoms with Crippen molar-refractivity contribution in [3.63, 3.8) is 0 Å². The maximum Gasteiger partial charge on any atom is 0.266 e. The van der Waals surface area contributed by atoms with Crippen molar-refractivity contribution in [2.45, 2.75) is 25.7 Å². The Kier molecular flexibility index (Phi) is 6.14. The number of hydrogen-bond donors (Lipinski definition) is 0. The van der Waals surface area contributed by atoms with Gasteiger partial charge in [0.05, 0.1) is 7.11 Å². The SMILES string of the molecule is CCCC(F)(F)/C=C/c1ccc(C#Cc2ccc(OC)cc2)cc1. The van der Waals surface area contributed by atoms with E-state index >= 15 is 0 Å². The lowest BCUT2D eigenvalue weighted by molar-refractivity contribution is 0.0458. The van der Waals surface area contributed by atoms with Crippen molar-refractivity contribution in [3.05, 3.63) is 71.3 Å². The highest BCUT2D eigenvalue weighted by atomic mass is 19.3. The van der Waals surface area contributed by atoms with Crippen LogP contribution in [0.4, 0.5) is 8.78 Å². The lowest BCUT2D eigenvalue weighted by Gasteiger charge is -2.09. The number of ether oxygens (including phenoxy) is 1. The molecule has 0 fully saturated rings. The van der Waals surface area contributed by atoms with Crippen molar-refractivity contribution in [1.29, 1.82) is 0 Å². The Balaban J connectivity index is 2.04. The maximum atomic E-state index is 13.4. The molecule has 124 valence electrons. The molecule has 3 heteroatoms. The Hall–Kier alpha value is -2.60. The molecule has 0 aliphatic rings. The standard InChI is InChI=1S/C21H20F2O/c1-3-15-21(22,23)16-14-19-8-6-17(7-9-19)4-5-18-10-12-20(24-2)13-11-18/h6-14,16H,3,15H2,1-2H3/b16-14+. The van der Waals surface area contributed by atoms with Gasteiger partial charge < -0.3 is 4.74 Å². The maximum absolute atomic E-state index is 13.4. The normalized spacial score (nSPS) is 11.2. The summed E-state index contributed by atoms with van der Waals surface area (Å²) in [6.07, 6.45) is 2.75. The number of allylic oxidation sites excluding steroid dienone is 1. The van der Waals surface area contributed by atoms with Crippen molar-refractivity contribution < 1.29 is 13.5 Å². The van der Waals surface area contributed by atoms with Crippen molar-refractivity contribution >= 4 is 6.08 Å². The van der Waals surface area contributed by atoms with Gasteiger partial charge in [-0.15, -0.1) is 0 Å². The van der Waals surface area contributed by atoms with Crippen molar-refractivity contribution in [1.82, 2.24) is 0 Å². The van der Waals surface area contributed by atoms with E-state index in [1.54, 1.807) is 26.2 Å². The van der Waals surface area contributed by atoms with Gasteiger partial charge in [-0.25, -0.2) is 8.78 Å². The fourth-order valence-electron chi connectivity index (χ4n) is 2.13. The number of hydrogen-bond acceptors (Lipinski definition) is 1. The first-order chi connectivity index (χ1) is 11.5. The fraction of sp³-hybridized carbons (Fsp3) is 0.238. The molecule has 0 bridgehead atoms. The third-order valence-corrected chi connectivity index (χ3v) is 3.45. The molecule has 24 heavy (non-hydrogen) atoms. The van der Waals surface area contributed by atoms with Gasteiger partial charge in [-0.3, -0.25) is 0 Å². The second-order valence-corrected chi connectivity index (χ2v) is 5.44. The van der Waals surface area contributed by atoms with E-state index < -0.39 is 5.92 Å². The molecule has 0 aromatic heterocycles. The van der Waals surface area contributed by atoms with Crippen LogP contribution in [0.25, 0.3) is 6.08 Å². The van der Waals surface area contributed by atoms with Gasteiger partial charge >= 0.3 is 0 Å². The van der Waals surface area contributed by atoms with Crippen LogP contribution in [0.3, 0.4) is 0 Å². The first-order valence-electron chi connectivity index (χ1n) is 7.85. The minimum absolute atomic E-state index is 0.130. The van der Waals surface area contributed by atoms with Crippen LogP contribution in [0.2, 0.25) is 0 Å². The first-order valence-corrected chi connectivity index (χ1v) is 7.85. The smallest absolute Gasteiger partial charge is 0.266 e. The van der Waals surface area contributed by atoms with Gasteiger partial charge in [0.1, 0.15) is 5.75 Å². The molecule has 0 aliphatic carbocycles. The van der Waals surface area contributed by atoms with Crippen LogP contribution < -0.4 is 4.74 Å². The molecule has 0 spiro atoms. The van der Waals surface area contributed by atoms with Crippen LogP contribution >= 0.6 is 0 Å². The topological polar surface area (TPSA) is 9.23 Å². The highest BCUT2D eigenvalue weighted by Crippen LogP contribution is 2.23. The monoisotopic (exact) mass is 326 g/mol. The van der Waals surface area contributed by atoms with E-state index in [2.05, 4.69) is 11.8 Å². The predicted octanol–water partition coefficient (Wildman–Crippen LogP) is 5.54. The summed E-state index contributed by atoms with van der Waals surface area (Å²) in [5, 5.41) is 0. The quantitative estimate of drug-likeness (QED) is 0.655. The predicted molar refractivity (Wildman–Crippen MR) is 94.3 cm³/mol. The zero-order valence-electron chi connectivity index (χ0n) is 13.9. The molecule has 0 unspecified atom stereocenters. The van der Waals surface area contributed by atoms with Crippen LogP contribution in [0, 0.1) is 11.8 Å². The number of rotatable bonds is 5. The van der Waals surface area contributed by atoms with Crippen LogP contribution in [0.1, 0.15) is 36.5 Å². The molecular weight excluding hydrogens is 306 g/mol. The molecule has 0 saturated carbocycles. The summed E-state index contributed by atoms with van der Waals surface area (Å²) < 4.78 is 32.0. The van der Waals surface area contributed by atoms with Crippen LogP contribution in [0.5, 0.6) is 5.75 Å². The number of alkyl halides is 2. The summed E-state index contributed by atoms with van der Waals surface area (Å²) >= 11 is 0. The summed E-state index contributed by atoms with van der Waals surface area (Å²) in [4.78, 5) is 0. The zero-order valence-corrected chi connectivity index (χ0v) is 13.9. The molecule has 0 aliphatic heterocycles. The second kappa shape index (κ2) is 8.31. The summed E-state index contributed by atoms with van der Waals surface area (Å²) in [6.45, 7) is 1.75. The minimum atomic E-state index is -2.75. The molecule has 0 N–H and O–H groups in total. The molecule has 0 heterocycles. The van der Waals surface area contributed by atoms with Crippen LogP contribution in [-0.2, 0) is 0 Å². The van der Waals surface area contributed by atoms with Crippen molar-refractivity contribution in [3.8, 4) is 17.6 Å². The van der Waals surface area contributed by atoms with Gasteiger partial charge in [-0.2, -0.15) is 0 Å².